The topological polar surface area (TPSA) is 59.0 Å². The lowest BCUT2D eigenvalue weighted by Crippen LogP contribution is -2.20. The van der Waals surface area contributed by atoms with Crippen molar-refractivity contribution in [1.82, 2.24) is 9.78 Å². The average molecular weight is 362 g/mol. The van der Waals surface area contributed by atoms with Crippen molar-refractivity contribution in [1.29, 1.82) is 0 Å². The van der Waals surface area contributed by atoms with Crippen molar-refractivity contribution in [3.8, 4) is 0 Å². The number of hydrogen-bond donors (Lipinski definition) is 2. The molecule has 5 nitrogen and oxygen atoms in total. The summed E-state index contributed by atoms with van der Waals surface area (Å²) in [5, 5.41) is 10.4. The van der Waals surface area contributed by atoms with E-state index in [1.807, 2.05) is 44.5 Å². The van der Waals surface area contributed by atoms with E-state index < -0.39 is 0 Å². The molecule has 0 aliphatic heterocycles. The maximum absolute atomic E-state index is 12.5. The molecule has 5 heteroatoms. The number of urea groups is 1. The Labute approximate surface area is 160 Å². The van der Waals surface area contributed by atoms with Crippen LogP contribution in [0, 0.1) is 34.6 Å². The minimum atomic E-state index is -0.263. The number of carbonyl (C=O) groups is 1. The predicted molar refractivity (Wildman–Crippen MR) is 111 cm³/mol. The first-order valence-corrected chi connectivity index (χ1v) is 9.07. The second kappa shape index (κ2) is 7.66. The highest BCUT2D eigenvalue weighted by molar-refractivity contribution is 6.00. The number of aryl methyl sites for hydroxylation is 4. The van der Waals surface area contributed by atoms with Crippen LogP contribution >= 0.6 is 0 Å². The zero-order valence-corrected chi connectivity index (χ0v) is 16.6. The van der Waals surface area contributed by atoms with E-state index >= 15 is 0 Å². The molecular formula is C22H26N4O. The first-order chi connectivity index (χ1) is 12.8. The Morgan fingerprint density at radius 3 is 2.15 bits per heavy atom. The van der Waals surface area contributed by atoms with Crippen LogP contribution in [0.2, 0.25) is 0 Å². The van der Waals surface area contributed by atoms with E-state index in [-0.39, 0.29) is 6.03 Å². The minimum Gasteiger partial charge on any atom is -0.308 e. The highest BCUT2D eigenvalue weighted by Gasteiger charge is 2.14. The Hall–Kier alpha value is -3.08. The first-order valence-electron chi connectivity index (χ1n) is 9.07. The van der Waals surface area contributed by atoms with Crippen LogP contribution in [0.15, 0.2) is 42.5 Å². The molecule has 3 aromatic rings. The smallest absolute Gasteiger partial charge is 0.308 e. The number of aromatic nitrogens is 2. The molecule has 0 fully saturated rings. The molecule has 2 N–H and O–H groups in total. The summed E-state index contributed by atoms with van der Waals surface area (Å²) < 4.78 is 1.92. The maximum atomic E-state index is 12.5. The van der Waals surface area contributed by atoms with Gasteiger partial charge >= 0.3 is 6.03 Å². The first kappa shape index (κ1) is 18.7. The van der Waals surface area contributed by atoms with Crippen molar-refractivity contribution in [2.24, 2.45) is 0 Å². The van der Waals surface area contributed by atoms with E-state index in [9.17, 15) is 4.79 Å². The van der Waals surface area contributed by atoms with E-state index in [1.54, 1.807) is 0 Å². The van der Waals surface area contributed by atoms with Crippen LogP contribution in [0.1, 0.15) is 33.6 Å². The van der Waals surface area contributed by atoms with Crippen LogP contribution in [0.3, 0.4) is 0 Å². The van der Waals surface area contributed by atoms with Gasteiger partial charge in [-0.1, -0.05) is 35.9 Å². The Kier molecular flexibility index (Phi) is 5.31. The molecule has 0 radical (unpaired) electrons. The summed E-state index contributed by atoms with van der Waals surface area (Å²) >= 11 is 0. The Bertz CT molecular complexity index is 950. The lowest BCUT2D eigenvalue weighted by molar-refractivity contribution is 0.262. The van der Waals surface area contributed by atoms with Crippen LogP contribution in [-0.4, -0.2) is 15.8 Å². The van der Waals surface area contributed by atoms with Gasteiger partial charge in [0.05, 0.1) is 23.6 Å². The summed E-state index contributed by atoms with van der Waals surface area (Å²) in [5.41, 5.74) is 7.91. The molecule has 0 aliphatic carbocycles. The van der Waals surface area contributed by atoms with Gasteiger partial charge < -0.3 is 10.6 Å². The fourth-order valence-electron chi connectivity index (χ4n) is 3.22. The van der Waals surface area contributed by atoms with Gasteiger partial charge in [0.2, 0.25) is 0 Å². The van der Waals surface area contributed by atoms with Gasteiger partial charge in [-0.15, -0.1) is 0 Å². The van der Waals surface area contributed by atoms with Gasteiger partial charge in [0, 0.05) is 5.69 Å². The van der Waals surface area contributed by atoms with Gasteiger partial charge in [-0.25, -0.2) is 4.79 Å². The largest absolute Gasteiger partial charge is 0.323 e. The van der Waals surface area contributed by atoms with Gasteiger partial charge in [-0.05, 0) is 63.4 Å². The Morgan fingerprint density at radius 1 is 0.889 bits per heavy atom. The quantitative estimate of drug-likeness (QED) is 0.677. The molecule has 2 amide bonds. The molecule has 2 aromatic carbocycles. The number of carbonyl (C=O) groups excluding carboxylic acids is 1. The van der Waals surface area contributed by atoms with Gasteiger partial charge in [-0.2, -0.15) is 5.10 Å². The van der Waals surface area contributed by atoms with Crippen LogP contribution < -0.4 is 10.6 Å². The normalized spacial score (nSPS) is 10.7. The second-order valence-electron chi connectivity index (χ2n) is 7.14. The van der Waals surface area contributed by atoms with Crippen LogP contribution in [0.4, 0.5) is 16.2 Å². The molecule has 0 saturated heterocycles. The van der Waals surface area contributed by atoms with Crippen molar-refractivity contribution >= 4 is 17.4 Å². The summed E-state index contributed by atoms with van der Waals surface area (Å²) in [7, 11) is 0. The van der Waals surface area contributed by atoms with E-state index in [0.29, 0.717) is 6.54 Å². The maximum Gasteiger partial charge on any atom is 0.323 e. The van der Waals surface area contributed by atoms with Gasteiger partial charge in [0.25, 0.3) is 0 Å². The molecule has 0 atom stereocenters. The third kappa shape index (κ3) is 4.56. The van der Waals surface area contributed by atoms with E-state index in [0.717, 1.165) is 33.9 Å². The Morgan fingerprint density at radius 2 is 1.52 bits per heavy atom. The lowest BCUT2D eigenvalue weighted by Gasteiger charge is -2.10. The second-order valence-corrected chi connectivity index (χ2v) is 7.14. The van der Waals surface area contributed by atoms with E-state index in [1.165, 1.54) is 11.1 Å². The number of hydrogen-bond acceptors (Lipinski definition) is 2. The zero-order chi connectivity index (χ0) is 19.6. The molecule has 3 rings (SSSR count). The average Bonchev–Trinajstić information content (AvgIpc) is 2.83. The summed E-state index contributed by atoms with van der Waals surface area (Å²) in [6.45, 7) is 10.7. The van der Waals surface area contributed by atoms with Crippen LogP contribution in [0.5, 0.6) is 0 Å². The van der Waals surface area contributed by atoms with Gasteiger partial charge in [0.15, 0.2) is 0 Å². The summed E-state index contributed by atoms with van der Waals surface area (Å²) in [6.07, 6.45) is 0. The number of nitrogens with zero attached hydrogens (tertiary/aromatic N) is 2. The molecule has 0 unspecified atom stereocenters. The number of anilines is 2. The van der Waals surface area contributed by atoms with Crippen molar-refractivity contribution in [2.45, 2.75) is 41.2 Å². The zero-order valence-electron chi connectivity index (χ0n) is 16.6. The van der Waals surface area contributed by atoms with Crippen LogP contribution in [-0.2, 0) is 6.54 Å². The van der Waals surface area contributed by atoms with E-state index in [4.69, 9.17) is 0 Å². The monoisotopic (exact) mass is 362 g/mol. The summed E-state index contributed by atoms with van der Waals surface area (Å²) in [4.78, 5) is 12.5. The molecular weight excluding hydrogens is 336 g/mol. The molecule has 0 aliphatic rings. The van der Waals surface area contributed by atoms with Crippen molar-refractivity contribution in [3.63, 3.8) is 0 Å². The molecule has 27 heavy (non-hydrogen) atoms. The van der Waals surface area contributed by atoms with Crippen LogP contribution in [0.25, 0.3) is 0 Å². The standard InChI is InChI=1S/C22H26N4O/c1-14-6-8-19(9-7-14)13-26-18(5)21(17(4)25-26)24-22(27)23-20-11-15(2)10-16(3)12-20/h6-12H,13H2,1-5H3,(H2,23,24,27). The lowest BCUT2D eigenvalue weighted by atomic mass is 10.1. The highest BCUT2D eigenvalue weighted by Crippen LogP contribution is 2.21. The number of nitrogens with one attached hydrogen (secondary N) is 2. The third-order valence-electron chi connectivity index (χ3n) is 4.55. The summed E-state index contributed by atoms with van der Waals surface area (Å²) in [5.74, 6) is 0. The SMILES string of the molecule is Cc1ccc(Cn2nc(C)c(NC(=O)Nc3cc(C)cc(C)c3)c2C)cc1. The molecule has 1 aromatic heterocycles. The molecule has 0 spiro atoms. The van der Waals surface area contributed by atoms with Crippen molar-refractivity contribution in [3.05, 3.63) is 76.1 Å². The summed E-state index contributed by atoms with van der Waals surface area (Å²) in [6, 6.07) is 14.1. The highest BCUT2D eigenvalue weighted by atomic mass is 16.2. The predicted octanol–water partition coefficient (Wildman–Crippen LogP) is 5.12. The molecule has 140 valence electrons. The fraction of sp³-hybridized carbons (Fsp3) is 0.273. The minimum absolute atomic E-state index is 0.263. The van der Waals surface area contributed by atoms with Gasteiger partial charge in [-0.3, -0.25) is 4.68 Å². The number of benzene rings is 2. The van der Waals surface area contributed by atoms with E-state index in [2.05, 4.69) is 53.0 Å². The molecule has 1 heterocycles. The number of amides is 2. The van der Waals surface area contributed by atoms with Crippen molar-refractivity contribution < 1.29 is 4.79 Å². The number of rotatable bonds is 4. The van der Waals surface area contributed by atoms with Gasteiger partial charge in [0.1, 0.15) is 0 Å². The molecule has 0 saturated carbocycles. The fourth-order valence-corrected chi connectivity index (χ4v) is 3.22. The Balaban J connectivity index is 1.74. The van der Waals surface area contributed by atoms with Crippen molar-refractivity contribution in [2.75, 3.05) is 10.6 Å². The third-order valence-corrected chi connectivity index (χ3v) is 4.55. The molecule has 0 bridgehead atoms.